The summed E-state index contributed by atoms with van der Waals surface area (Å²) in [5, 5.41) is 0. The van der Waals surface area contributed by atoms with E-state index in [4.69, 9.17) is 14.2 Å². The number of para-hydroxylation sites is 1. The number of hydrogen-bond acceptors (Lipinski definition) is 5. The molecule has 0 saturated heterocycles. The van der Waals surface area contributed by atoms with E-state index in [1.54, 1.807) is 0 Å². The number of ether oxygens (including phenoxy) is 3. The van der Waals surface area contributed by atoms with Crippen molar-refractivity contribution in [1.82, 2.24) is 4.90 Å². The van der Waals surface area contributed by atoms with Crippen molar-refractivity contribution in [2.75, 3.05) is 44.9 Å². The average Bonchev–Trinajstić information content (AvgIpc) is 3.27. The van der Waals surface area contributed by atoms with Gasteiger partial charge in [0.25, 0.3) is 0 Å². The van der Waals surface area contributed by atoms with E-state index in [2.05, 4.69) is 31.0 Å². The van der Waals surface area contributed by atoms with Crippen molar-refractivity contribution in [2.24, 2.45) is 5.92 Å². The molecule has 0 bridgehead atoms. The van der Waals surface area contributed by atoms with Gasteiger partial charge in [0, 0.05) is 36.6 Å². The molecule has 2 aromatic rings. The first-order chi connectivity index (χ1) is 15.1. The van der Waals surface area contributed by atoms with Gasteiger partial charge in [0.1, 0.15) is 31.0 Å². The number of amides is 1. The summed E-state index contributed by atoms with van der Waals surface area (Å²) in [6, 6.07) is 11.9. The predicted octanol–water partition coefficient (Wildman–Crippen LogP) is 3.34. The molecule has 0 aliphatic carbocycles. The molecule has 4 aliphatic rings. The molecule has 2 atom stereocenters. The second kappa shape index (κ2) is 6.67. The molecule has 0 radical (unpaired) electrons. The molecule has 0 N–H and O–H groups in total. The van der Waals surface area contributed by atoms with Gasteiger partial charge in [-0.1, -0.05) is 31.2 Å². The molecule has 2 unspecified atom stereocenters. The molecule has 160 valence electrons. The van der Waals surface area contributed by atoms with Crippen LogP contribution in [-0.2, 0) is 10.2 Å². The molecule has 4 aliphatic heterocycles. The van der Waals surface area contributed by atoms with Gasteiger partial charge in [-0.3, -0.25) is 4.79 Å². The van der Waals surface area contributed by atoms with E-state index in [1.165, 1.54) is 5.70 Å². The van der Waals surface area contributed by atoms with Crippen LogP contribution >= 0.6 is 0 Å². The van der Waals surface area contributed by atoms with Gasteiger partial charge in [0.05, 0.1) is 6.54 Å². The summed E-state index contributed by atoms with van der Waals surface area (Å²) in [5.74, 6) is 2.66. The average molecular weight is 418 g/mol. The predicted molar refractivity (Wildman–Crippen MR) is 117 cm³/mol. The normalized spacial score (nSPS) is 25.9. The van der Waals surface area contributed by atoms with Crippen LogP contribution in [0.15, 0.2) is 48.2 Å². The minimum Gasteiger partial charge on any atom is -0.491 e. The summed E-state index contributed by atoms with van der Waals surface area (Å²) in [6.45, 7) is 5.14. The number of carbonyl (C=O) groups is 1. The lowest BCUT2D eigenvalue weighted by molar-refractivity contribution is -0.122. The molecule has 31 heavy (non-hydrogen) atoms. The first kappa shape index (κ1) is 18.6. The van der Waals surface area contributed by atoms with Crippen LogP contribution in [0.2, 0.25) is 0 Å². The van der Waals surface area contributed by atoms with Gasteiger partial charge in [0.2, 0.25) is 5.91 Å². The largest absolute Gasteiger partial charge is 0.491 e. The monoisotopic (exact) mass is 418 g/mol. The highest BCUT2D eigenvalue weighted by molar-refractivity contribution is 6.11. The Labute approximate surface area is 182 Å². The summed E-state index contributed by atoms with van der Waals surface area (Å²) >= 11 is 0. The number of fused-ring (bicyclic) bond motifs is 5. The molecule has 1 spiro atoms. The molecule has 6 rings (SSSR count). The lowest BCUT2D eigenvalue weighted by Crippen LogP contribution is -2.44. The summed E-state index contributed by atoms with van der Waals surface area (Å²) in [7, 11) is 2.11. The molecule has 0 fully saturated rings. The van der Waals surface area contributed by atoms with Crippen LogP contribution in [0.1, 0.15) is 24.5 Å². The van der Waals surface area contributed by atoms with Crippen LogP contribution in [0.4, 0.5) is 5.69 Å². The maximum Gasteiger partial charge on any atom is 0.246 e. The number of hydrogen-bond donors (Lipinski definition) is 0. The Morgan fingerprint density at radius 3 is 2.65 bits per heavy atom. The van der Waals surface area contributed by atoms with Crippen LogP contribution in [0.25, 0.3) is 0 Å². The highest BCUT2D eigenvalue weighted by Gasteiger charge is 2.57. The van der Waals surface area contributed by atoms with Gasteiger partial charge in [-0.2, -0.15) is 0 Å². The topological polar surface area (TPSA) is 51.2 Å². The van der Waals surface area contributed by atoms with E-state index in [0.29, 0.717) is 49.5 Å². The molecule has 0 saturated carbocycles. The Bertz CT molecular complexity index is 1110. The van der Waals surface area contributed by atoms with E-state index in [1.807, 2.05) is 35.2 Å². The summed E-state index contributed by atoms with van der Waals surface area (Å²) in [6.07, 6.45) is 3.44. The zero-order valence-electron chi connectivity index (χ0n) is 17.9. The first-order valence-corrected chi connectivity index (χ1v) is 11.0. The van der Waals surface area contributed by atoms with Crippen LogP contribution in [0.5, 0.6) is 17.2 Å². The van der Waals surface area contributed by atoms with Crippen molar-refractivity contribution in [3.05, 3.63) is 59.3 Å². The first-order valence-electron chi connectivity index (χ1n) is 11.0. The number of carbonyl (C=O) groups excluding carboxylic acids is 1. The van der Waals surface area contributed by atoms with Crippen molar-refractivity contribution < 1.29 is 19.0 Å². The Balaban J connectivity index is 1.46. The van der Waals surface area contributed by atoms with Gasteiger partial charge < -0.3 is 24.0 Å². The third-order valence-electron chi connectivity index (χ3n) is 7.02. The standard InChI is InChI=1S/C25H26N2O4/c1-16-7-8-26(2)17(11-16)14-27-20-6-4-3-5-18(20)25(24(27)28)15-31-21-13-23-22(12-19(21)25)29-9-10-30-23/h3-6,11-13,16H,7-10,14-15H2,1-2H3. The van der Waals surface area contributed by atoms with Crippen LogP contribution in [0, 0.1) is 5.92 Å². The fourth-order valence-electron chi connectivity index (χ4n) is 5.28. The Morgan fingerprint density at radius 1 is 1.03 bits per heavy atom. The molecule has 2 aromatic carbocycles. The molecule has 0 aromatic heterocycles. The van der Waals surface area contributed by atoms with Gasteiger partial charge in [-0.05, 0) is 30.0 Å². The molecular weight excluding hydrogens is 392 g/mol. The fourth-order valence-corrected chi connectivity index (χ4v) is 5.28. The quantitative estimate of drug-likeness (QED) is 0.749. The molecule has 6 heteroatoms. The zero-order chi connectivity index (χ0) is 21.2. The molecule has 6 nitrogen and oxygen atoms in total. The maximum absolute atomic E-state index is 14.1. The number of allylic oxidation sites excluding steroid dienone is 1. The third-order valence-corrected chi connectivity index (χ3v) is 7.02. The van der Waals surface area contributed by atoms with Crippen LogP contribution < -0.4 is 19.1 Å². The van der Waals surface area contributed by atoms with E-state index >= 15 is 0 Å². The summed E-state index contributed by atoms with van der Waals surface area (Å²) in [4.78, 5) is 18.3. The number of nitrogens with zero attached hydrogens (tertiary/aromatic N) is 2. The summed E-state index contributed by atoms with van der Waals surface area (Å²) < 4.78 is 17.7. The van der Waals surface area contributed by atoms with Gasteiger partial charge in [-0.25, -0.2) is 0 Å². The Hall–Kier alpha value is -3.15. The van der Waals surface area contributed by atoms with Gasteiger partial charge in [0.15, 0.2) is 11.5 Å². The second-order valence-corrected chi connectivity index (χ2v) is 8.94. The molecule has 1 amide bonds. The van der Waals surface area contributed by atoms with Crippen molar-refractivity contribution in [3.8, 4) is 17.2 Å². The van der Waals surface area contributed by atoms with Crippen molar-refractivity contribution in [1.29, 1.82) is 0 Å². The van der Waals surface area contributed by atoms with E-state index in [9.17, 15) is 4.79 Å². The Kier molecular flexibility index (Phi) is 4.01. The SMILES string of the molecule is CC1C=C(CN2C(=O)C3(COc4cc5c(cc43)OCCO5)c3ccccc32)N(C)CC1. The van der Waals surface area contributed by atoms with Gasteiger partial charge in [-0.15, -0.1) is 0 Å². The summed E-state index contributed by atoms with van der Waals surface area (Å²) in [5.41, 5.74) is 3.19. The van der Waals surface area contributed by atoms with Crippen molar-refractivity contribution in [2.45, 2.75) is 18.8 Å². The lowest BCUT2D eigenvalue weighted by Gasteiger charge is -2.32. The highest BCUT2D eigenvalue weighted by Crippen LogP contribution is 2.54. The number of benzene rings is 2. The minimum absolute atomic E-state index is 0.0663. The lowest BCUT2D eigenvalue weighted by atomic mass is 9.77. The maximum atomic E-state index is 14.1. The number of anilines is 1. The van der Waals surface area contributed by atoms with E-state index in [-0.39, 0.29) is 5.91 Å². The highest BCUT2D eigenvalue weighted by atomic mass is 16.6. The van der Waals surface area contributed by atoms with Crippen molar-refractivity contribution >= 4 is 11.6 Å². The second-order valence-electron chi connectivity index (χ2n) is 8.94. The van der Waals surface area contributed by atoms with Crippen LogP contribution in [0.3, 0.4) is 0 Å². The Morgan fingerprint density at radius 2 is 1.81 bits per heavy atom. The number of rotatable bonds is 2. The fraction of sp³-hybridized carbons (Fsp3) is 0.400. The van der Waals surface area contributed by atoms with E-state index < -0.39 is 5.41 Å². The molecular formula is C25H26N2O4. The van der Waals surface area contributed by atoms with E-state index in [0.717, 1.165) is 29.8 Å². The van der Waals surface area contributed by atoms with Crippen molar-refractivity contribution in [3.63, 3.8) is 0 Å². The zero-order valence-corrected chi connectivity index (χ0v) is 17.9. The number of likely N-dealkylation sites (N-methyl/N-ethyl adjacent to an activating group) is 1. The smallest absolute Gasteiger partial charge is 0.246 e. The molecule has 4 heterocycles. The third kappa shape index (κ3) is 2.60. The minimum atomic E-state index is -0.846. The van der Waals surface area contributed by atoms with Crippen LogP contribution in [-0.4, -0.2) is 50.8 Å². The van der Waals surface area contributed by atoms with Gasteiger partial charge >= 0.3 is 0 Å².